The first-order chi connectivity index (χ1) is 19.3. The topological polar surface area (TPSA) is 97.7 Å². The van der Waals surface area contributed by atoms with Crippen LogP contribution in [0.3, 0.4) is 0 Å². The Labute approximate surface area is 235 Å². The zero-order valence-corrected chi connectivity index (χ0v) is 22.2. The van der Waals surface area contributed by atoms with Gasteiger partial charge in [0.05, 0.1) is 38.0 Å². The zero-order chi connectivity index (χ0) is 28.4. The first-order valence-electron chi connectivity index (χ1n) is 11.4. The normalized spacial score (nSPS) is 10.8. The average Bonchev–Trinajstić information content (AvgIpc) is 3.66. The van der Waals surface area contributed by atoms with Gasteiger partial charge in [-0.2, -0.15) is 0 Å². The molecule has 0 unspecified atom stereocenters. The molecule has 13 heteroatoms. The number of aromatic carboxylic acids is 1. The van der Waals surface area contributed by atoms with Crippen LogP contribution >= 0.6 is 22.6 Å². The number of nitrogens with zero attached hydrogens (tertiary/aromatic N) is 6. The molecule has 4 aromatic heterocycles. The lowest BCUT2D eigenvalue weighted by Gasteiger charge is -2.04. The van der Waals surface area contributed by atoms with E-state index in [1.807, 2.05) is 57.6 Å². The summed E-state index contributed by atoms with van der Waals surface area (Å²) in [6.45, 7) is 0. The molecule has 7 aromatic rings. The Kier molecular flexibility index (Phi) is 7.55. The van der Waals surface area contributed by atoms with Crippen molar-refractivity contribution in [3.8, 4) is 0 Å². The monoisotopic (exact) mass is 658 g/mol. The van der Waals surface area contributed by atoms with E-state index >= 15 is 0 Å². The summed E-state index contributed by atoms with van der Waals surface area (Å²) >= 11 is 1.04. The summed E-state index contributed by atoms with van der Waals surface area (Å²) in [5, 5.41) is 26.4. The molecule has 0 saturated heterocycles. The van der Waals surface area contributed by atoms with Crippen molar-refractivity contribution in [1.29, 1.82) is 0 Å². The summed E-state index contributed by atoms with van der Waals surface area (Å²) < 4.78 is 53.8. The van der Waals surface area contributed by atoms with Crippen LogP contribution in [0.1, 0.15) is 10.4 Å². The molecule has 3 aromatic carbocycles. The van der Waals surface area contributed by atoms with Crippen LogP contribution < -0.4 is 0 Å². The van der Waals surface area contributed by atoms with Crippen molar-refractivity contribution in [3.05, 3.63) is 118 Å². The lowest BCUT2D eigenvalue weighted by Crippen LogP contribution is -2.11. The molecule has 0 saturated carbocycles. The molecule has 0 atom stereocenters. The molecule has 0 spiro atoms. The second-order valence-electron chi connectivity index (χ2n) is 8.18. The third kappa shape index (κ3) is 5.02. The van der Waals surface area contributed by atoms with E-state index in [2.05, 4.69) is 44.9 Å². The number of carboxylic acids is 1. The largest absolute Gasteiger partial charge is 0.477 e. The molecule has 200 valence electrons. The van der Waals surface area contributed by atoms with Gasteiger partial charge in [-0.1, -0.05) is 59.0 Å². The van der Waals surface area contributed by atoms with Crippen molar-refractivity contribution in [2.24, 2.45) is 0 Å². The summed E-state index contributed by atoms with van der Waals surface area (Å²) in [6.07, 6.45) is 3.51. The molecular weight excluding hydrogens is 643 g/mol. The standard InChI is InChI=1S/2C10H7N3.C7HF4IO2/c2*1-2-4-10-8(3-1)5-6-9-7-11-12-13(9)10;8-2-1(7(13)14)3(9)5(11)6(12)4(2)10/h2*1-7H;(H,13,14). The number of fused-ring (bicyclic) bond motifs is 6. The van der Waals surface area contributed by atoms with Gasteiger partial charge in [-0.25, -0.2) is 31.4 Å². The van der Waals surface area contributed by atoms with E-state index in [0.29, 0.717) is 0 Å². The molecule has 0 aliphatic carbocycles. The van der Waals surface area contributed by atoms with Gasteiger partial charge in [0.15, 0.2) is 23.3 Å². The van der Waals surface area contributed by atoms with E-state index < -0.39 is 38.4 Å². The van der Waals surface area contributed by atoms with Crippen molar-refractivity contribution in [2.75, 3.05) is 0 Å². The second-order valence-corrected chi connectivity index (χ2v) is 9.25. The van der Waals surface area contributed by atoms with Gasteiger partial charge in [-0.3, -0.25) is 0 Å². The van der Waals surface area contributed by atoms with Crippen LogP contribution in [0.15, 0.2) is 85.2 Å². The van der Waals surface area contributed by atoms with Gasteiger partial charge in [0.1, 0.15) is 5.56 Å². The Morgan fingerprint density at radius 2 is 1.07 bits per heavy atom. The van der Waals surface area contributed by atoms with E-state index in [0.717, 1.165) is 44.7 Å². The van der Waals surface area contributed by atoms with Gasteiger partial charge in [0.25, 0.3) is 0 Å². The highest BCUT2D eigenvalue weighted by atomic mass is 127. The smallest absolute Gasteiger partial charge is 0.341 e. The van der Waals surface area contributed by atoms with E-state index in [1.54, 1.807) is 12.4 Å². The number of para-hydroxylation sites is 2. The number of hydrogen-bond donors (Lipinski definition) is 1. The van der Waals surface area contributed by atoms with Crippen LogP contribution in [0.5, 0.6) is 0 Å². The minimum absolute atomic E-state index is 0.914. The summed E-state index contributed by atoms with van der Waals surface area (Å²) in [6, 6.07) is 24.4. The molecule has 0 radical (unpaired) electrons. The number of aromatic nitrogens is 6. The molecule has 40 heavy (non-hydrogen) atoms. The number of halogens is 5. The van der Waals surface area contributed by atoms with Crippen molar-refractivity contribution in [3.63, 3.8) is 0 Å². The lowest BCUT2D eigenvalue weighted by atomic mass is 10.2. The fraction of sp³-hybridized carbons (Fsp3) is 0. The first-order valence-corrected chi connectivity index (χ1v) is 12.5. The molecule has 4 heterocycles. The third-order valence-corrected chi connectivity index (χ3v) is 6.72. The fourth-order valence-corrected chi connectivity index (χ4v) is 4.35. The molecule has 0 amide bonds. The Balaban J connectivity index is 0.000000121. The van der Waals surface area contributed by atoms with Gasteiger partial charge in [-0.05, 0) is 46.9 Å². The minimum atomic E-state index is -2.06. The summed E-state index contributed by atoms with van der Waals surface area (Å²) in [5.74, 6) is -9.28. The third-order valence-electron chi connectivity index (χ3n) is 5.77. The summed E-state index contributed by atoms with van der Waals surface area (Å²) in [5.41, 5.74) is 2.62. The minimum Gasteiger partial charge on any atom is -0.477 e. The predicted molar refractivity (Wildman–Crippen MR) is 147 cm³/mol. The van der Waals surface area contributed by atoms with Crippen LogP contribution in [0, 0.1) is 26.8 Å². The molecule has 0 fully saturated rings. The molecule has 0 aliphatic rings. The van der Waals surface area contributed by atoms with Crippen molar-refractivity contribution in [1.82, 2.24) is 29.7 Å². The molecule has 8 nitrogen and oxygen atoms in total. The summed E-state index contributed by atoms with van der Waals surface area (Å²) in [7, 11) is 0. The number of carboxylic acid groups (broad SMARTS) is 1. The van der Waals surface area contributed by atoms with E-state index in [4.69, 9.17) is 5.11 Å². The number of hydrogen-bond acceptors (Lipinski definition) is 5. The molecule has 1 N–H and O–H groups in total. The lowest BCUT2D eigenvalue weighted by molar-refractivity contribution is 0.0683. The zero-order valence-electron chi connectivity index (χ0n) is 20.0. The SMILES string of the molecule is O=C(O)c1c(F)c(F)c(I)c(F)c1F.c1ccc2c(c1)ccc1cnnn12.c1ccc2c(c1)ccc1cnnn12. The quantitative estimate of drug-likeness (QED) is 0.0962. The van der Waals surface area contributed by atoms with E-state index in [-0.39, 0.29) is 0 Å². The van der Waals surface area contributed by atoms with Gasteiger partial charge in [0, 0.05) is 10.8 Å². The maximum atomic E-state index is 12.8. The van der Waals surface area contributed by atoms with Crippen LogP contribution in [-0.2, 0) is 0 Å². The molecule has 7 rings (SSSR count). The van der Waals surface area contributed by atoms with Gasteiger partial charge in [0.2, 0.25) is 0 Å². The van der Waals surface area contributed by atoms with Crippen molar-refractivity contribution in [2.45, 2.75) is 0 Å². The Morgan fingerprint density at radius 1 is 0.650 bits per heavy atom. The first kappa shape index (κ1) is 26.9. The fourth-order valence-electron chi connectivity index (χ4n) is 3.87. The van der Waals surface area contributed by atoms with Crippen LogP contribution in [0.25, 0.3) is 32.8 Å². The molecular formula is C27H15F4IN6O2. The van der Waals surface area contributed by atoms with Crippen molar-refractivity contribution >= 4 is 61.4 Å². The number of benzene rings is 3. The van der Waals surface area contributed by atoms with Gasteiger partial charge in [-0.15, -0.1) is 10.2 Å². The second kappa shape index (κ2) is 11.2. The maximum Gasteiger partial charge on any atom is 0.341 e. The molecule has 0 aliphatic heterocycles. The average molecular weight is 658 g/mol. The Bertz CT molecular complexity index is 1890. The maximum absolute atomic E-state index is 12.8. The van der Waals surface area contributed by atoms with E-state index in [1.165, 1.54) is 10.8 Å². The van der Waals surface area contributed by atoms with Crippen LogP contribution in [0.2, 0.25) is 0 Å². The Morgan fingerprint density at radius 3 is 1.50 bits per heavy atom. The number of rotatable bonds is 1. The highest BCUT2D eigenvalue weighted by Gasteiger charge is 2.27. The highest BCUT2D eigenvalue weighted by Crippen LogP contribution is 2.25. The van der Waals surface area contributed by atoms with Gasteiger partial charge >= 0.3 is 5.97 Å². The van der Waals surface area contributed by atoms with Crippen LogP contribution in [0.4, 0.5) is 17.6 Å². The number of pyridine rings is 2. The van der Waals surface area contributed by atoms with Gasteiger partial charge < -0.3 is 5.11 Å². The van der Waals surface area contributed by atoms with Crippen molar-refractivity contribution < 1.29 is 27.5 Å². The Hall–Kier alpha value is -4.66. The van der Waals surface area contributed by atoms with Crippen LogP contribution in [-0.4, -0.2) is 40.7 Å². The highest BCUT2D eigenvalue weighted by molar-refractivity contribution is 14.1. The number of carbonyl (C=O) groups is 1. The van der Waals surface area contributed by atoms with E-state index in [9.17, 15) is 22.4 Å². The predicted octanol–water partition coefficient (Wildman–Crippen LogP) is 6.31. The molecule has 0 bridgehead atoms. The summed E-state index contributed by atoms with van der Waals surface area (Å²) in [4.78, 5) is 10.2.